The second-order valence-corrected chi connectivity index (χ2v) is 8.49. The van der Waals surface area contributed by atoms with Crippen molar-refractivity contribution >= 4 is 17.3 Å². The van der Waals surface area contributed by atoms with Crippen LogP contribution < -0.4 is 10.2 Å². The van der Waals surface area contributed by atoms with Gasteiger partial charge in [0, 0.05) is 43.8 Å². The zero-order valence-electron chi connectivity index (χ0n) is 18.1. The van der Waals surface area contributed by atoms with Gasteiger partial charge >= 0.3 is 0 Å². The van der Waals surface area contributed by atoms with Gasteiger partial charge in [-0.1, -0.05) is 0 Å². The molecule has 2 aliphatic heterocycles. The molecule has 2 atom stereocenters. The number of piperidine rings is 1. The van der Waals surface area contributed by atoms with Crippen LogP contribution in [0.1, 0.15) is 31.7 Å². The van der Waals surface area contributed by atoms with Crippen LogP contribution in [0.5, 0.6) is 0 Å². The molecule has 0 spiro atoms. The number of ether oxygens (including phenoxy) is 1. The number of aryl methyl sites for hydroxylation is 1. The van der Waals surface area contributed by atoms with Gasteiger partial charge in [0.25, 0.3) is 0 Å². The molecule has 7 nitrogen and oxygen atoms in total. The van der Waals surface area contributed by atoms with Crippen molar-refractivity contribution in [1.82, 2.24) is 14.7 Å². The minimum Gasteiger partial charge on any atom is -0.374 e. The topological polar surface area (TPSA) is 62.6 Å². The lowest BCUT2D eigenvalue weighted by Gasteiger charge is -2.36. The average molecular weight is 412 g/mol. The number of morpholine rings is 1. The number of amides is 1. The highest BCUT2D eigenvalue weighted by Crippen LogP contribution is 2.22. The van der Waals surface area contributed by atoms with E-state index in [1.807, 2.05) is 43.1 Å². The van der Waals surface area contributed by atoms with Crippen molar-refractivity contribution in [2.45, 2.75) is 51.8 Å². The first-order valence-corrected chi connectivity index (χ1v) is 11.1. The maximum Gasteiger partial charge on any atom is 0.241 e. The number of carbonyl (C=O) groups excluding carboxylic acids is 1. The maximum atomic E-state index is 12.8. The van der Waals surface area contributed by atoms with Gasteiger partial charge in [-0.15, -0.1) is 0 Å². The second kappa shape index (κ2) is 9.62. The molecule has 0 bridgehead atoms. The molecule has 2 aromatic rings. The fourth-order valence-electron chi connectivity index (χ4n) is 4.30. The van der Waals surface area contributed by atoms with Gasteiger partial charge in [0.1, 0.15) is 0 Å². The maximum absolute atomic E-state index is 12.8. The lowest BCUT2D eigenvalue weighted by Crippen LogP contribution is -2.51. The smallest absolute Gasteiger partial charge is 0.241 e. The van der Waals surface area contributed by atoms with Gasteiger partial charge in [0.2, 0.25) is 5.91 Å². The number of anilines is 2. The minimum atomic E-state index is -0.211. The van der Waals surface area contributed by atoms with Crippen LogP contribution in [0, 0.1) is 6.92 Å². The number of hydrogen-bond donors (Lipinski definition) is 1. The summed E-state index contributed by atoms with van der Waals surface area (Å²) >= 11 is 0. The molecule has 4 rings (SSSR count). The molecule has 2 fully saturated rings. The van der Waals surface area contributed by atoms with Gasteiger partial charge in [-0.25, -0.2) is 0 Å². The molecule has 1 N–H and O–H groups in total. The number of benzene rings is 1. The SMILES string of the molecule is Cc1cnn(CC2CN(C(C)C(=O)Nc3ccc(N4CCCCC4)cc3)CCO2)c1. The Labute approximate surface area is 179 Å². The number of nitrogens with one attached hydrogen (secondary N) is 1. The summed E-state index contributed by atoms with van der Waals surface area (Å²) in [4.78, 5) is 17.5. The first kappa shape index (κ1) is 20.9. The molecule has 0 radical (unpaired) electrons. The van der Waals surface area contributed by atoms with Crippen molar-refractivity contribution in [2.75, 3.05) is 43.0 Å². The fraction of sp³-hybridized carbons (Fsp3) is 0.565. The Kier molecular flexibility index (Phi) is 6.69. The lowest BCUT2D eigenvalue weighted by molar-refractivity contribution is -0.124. The fourth-order valence-corrected chi connectivity index (χ4v) is 4.30. The molecule has 2 aliphatic rings. The lowest BCUT2D eigenvalue weighted by atomic mass is 10.1. The van der Waals surface area contributed by atoms with Crippen LogP contribution in [-0.2, 0) is 16.1 Å². The van der Waals surface area contributed by atoms with Crippen molar-refractivity contribution < 1.29 is 9.53 Å². The van der Waals surface area contributed by atoms with Gasteiger partial charge in [-0.3, -0.25) is 14.4 Å². The standard InChI is InChI=1S/C23H33N5O2/c1-18-14-24-28(15-18)17-22-16-27(12-13-30-22)19(2)23(29)25-20-6-8-21(9-7-20)26-10-4-3-5-11-26/h6-9,14-15,19,22H,3-5,10-13,16-17H2,1-2H3,(H,25,29). The molecule has 162 valence electrons. The molecule has 1 aromatic heterocycles. The number of rotatable bonds is 6. The van der Waals surface area contributed by atoms with E-state index in [-0.39, 0.29) is 18.1 Å². The first-order chi connectivity index (χ1) is 14.6. The van der Waals surface area contributed by atoms with Gasteiger partial charge in [0.15, 0.2) is 0 Å². The summed E-state index contributed by atoms with van der Waals surface area (Å²) in [7, 11) is 0. The Hall–Kier alpha value is -2.38. The highest BCUT2D eigenvalue weighted by Gasteiger charge is 2.28. The van der Waals surface area contributed by atoms with Gasteiger partial charge in [0.05, 0.1) is 31.5 Å². The summed E-state index contributed by atoms with van der Waals surface area (Å²) < 4.78 is 7.82. The Morgan fingerprint density at radius 3 is 2.67 bits per heavy atom. The zero-order chi connectivity index (χ0) is 20.9. The van der Waals surface area contributed by atoms with Crippen molar-refractivity contribution in [3.63, 3.8) is 0 Å². The van der Waals surface area contributed by atoms with Crippen LogP contribution in [-0.4, -0.2) is 65.5 Å². The quantitative estimate of drug-likeness (QED) is 0.792. The highest BCUT2D eigenvalue weighted by atomic mass is 16.5. The molecular weight excluding hydrogens is 378 g/mol. The van der Waals surface area contributed by atoms with E-state index >= 15 is 0 Å². The summed E-state index contributed by atoms with van der Waals surface area (Å²) in [6, 6.07) is 8.04. The molecule has 1 amide bonds. The molecule has 2 saturated heterocycles. The number of carbonyl (C=O) groups is 1. The molecule has 30 heavy (non-hydrogen) atoms. The predicted octanol–water partition coefficient (Wildman–Crippen LogP) is 2.91. The van der Waals surface area contributed by atoms with Gasteiger partial charge < -0.3 is 15.0 Å². The summed E-state index contributed by atoms with van der Waals surface area (Å²) in [6.45, 7) is 9.07. The average Bonchev–Trinajstić information content (AvgIpc) is 3.19. The van der Waals surface area contributed by atoms with E-state index in [0.29, 0.717) is 13.2 Å². The third-order valence-electron chi connectivity index (χ3n) is 6.11. The summed E-state index contributed by atoms with van der Waals surface area (Å²) in [5.41, 5.74) is 3.23. The minimum absolute atomic E-state index is 0.0244. The number of nitrogens with zero attached hydrogens (tertiary/aromatic N) is 4. The van der Waals surface area contributed by atoms with Gasteiger partial charge in [-0.05, 0) is 62.9 Å². The van der Waals surface area contributed by atoms with Crippen LogP contribution in [0.3, 0.4) is 0 Å². The van der Waals surface area contributed by atoms with Crippen LogP contribution in [0.4, 0.5) is 11.4 Å². The third-order valence-corrected chi connectivity index (χ3v) is 6.11. The van der Waals surface area contributed by atoms with Crippen LogP contribution in [0.2, 0.25) is 0 Å². The number of hydrogen-bond acceptors (Lipinski definition) is 5. The largest absolute Gasteiger partial charge is 0.374 e. The molecule has 1 aromatic carbocycles. The van der Waals surface area contributed by atoms with Crippen molar-refractivity contribution in [1.29, 1.82) is 0 Å². The van der Waals surface area contributed by atoms with E-state index in [1.54, 1.807) is 0 Å². The molecular formula is C23H33N5O2. The van der Waals surface area contributed by atoms with Crippen molar-refractivity contribution in [2.24, 2.45) is 0 Å². The van der Waals surface area contributed by atoms with E-state index < -0.39 is 0 Å². The third kappa shape index (κ3) is 5.21. The van der Waals surface area contributed by atoms with Crippen LogP contribution >= 0.6 is 0 Å². The van der Waals surface area contributed by atoms with E-state index in [4.69, 9.17) is 4.74 Å². The molecule has 0 saturated carbocycles. The Bertz CT molecular complexity index is 828. The van der Waals surface area contributed by atoms with Crippen molar-refractivity contribution in [3.8, 4) is 0 Å². The summed E-state index contributed by atoms with van der Waals surface area (Å²) in [5.74, 6) is 0.0244. The zero-order valence-corrected chi connectivity index (χ0v) is 18.1. The second-order valence-electron chi connectivity index (χ2n) is 8.49. The van der Waals surface area contributed by atoms with Crippen LogP contribution in [0.25, 0.3) is 0 Å². The van der Waals surface area contributed by atoms with E-state index in [2.05, 4.69) is 32.3 Å². The summed E-state index contributed by atoms with van der Waals surface area (Å²) in [5, 5.41) is 7.43. The number of aromatic nitrogens is 2. The predicted molar refractivity (Wildman–Crippen MR) is 119 cm³/mol. The Balaban J connectivity index is 1.30. The summed E-state index contributed by atoms with van der Waals surface area (Å²) in [6.07, 6.45) is 7.76. The first-order valence-electron chi connectivity index (χ1n) is 11.1. The van der Waals surface area contributed by atoms with Crippen LogP contribution in [0.15, 0.2) is 36.7 Å². The monoisotopic (exact) mass is 411 g/mol. The highest BCUT2D eigenvalue weighted by molar-refractivity contribution is 5.94. The normalized spacial score (nSPS) is 21.4. The Morgan fingerprint density at radius 2 is 1.97 bits per heavy atom. The molecule has 7 heteroatoms. The van der Waals surface area contributed by atoms with E-state index in [9.17, 15) is 4.79 Å². The Morgan fingerprint density at radius 1 is 1.20 bits per heavy atom. The van der Waals surface area contributed by atoms with Gasteiger partial charge in [-0.2, -0.15) is 5.10 Å². The van der Waals surface area contributed by atoms with E-state index in [0.717, 1.165) is 37.4 Å². The molecule has 0 aliphatic carbocycles. The van der Waals surface area contributed by atoms with E-state index in [1.165, 1.54) is 24.9 Å². The van der Waals surface area contributed by atoms with Crippen molar-refractivity contribution in [3.05, 3.63) is 42.2 Å². The molecule has 2 unspecified atom stereocenters. The molecule has 3 heterocycles.